The van der Waals surface area contributed by atoms with Crippen LogP contribution in [0.3, 0.4) is 0 Å². The van der Waals surface area contributed by atoms with E-state index in [2.05, 4.69) is 5.32 Å². The van der Waals surface area contributed by atoms with Crippen LogP contribution in [-0.2, 0) is 0 Å². The normalized spacial score (nSPS) is 12.1. The minimum atomic E-state index is -0.563. The van der Waals surface area contributed by atoms with Crippen LogP contribution in [0.2, 0.25) is 0 Å². The van der Waals surface area contributed by atoms with Crippen LogP contribution in [0.15, 0.2) is 18.2 Å². The lowest BCUT2D eigenvalue weighted by Gasteiger charge is -2.24. The Morgan fingerprint density at radius 2 is 1.88 bits per heavy atom. The summed E-state index contributed by atoms with van der Waals surface area (Å²) in [5, 5.41) is 14.0. The second-order valence-corrected chi connectivity index (χ2v) is 6.19. The first kappa shape index (κ1) is 20.5. The van der Waals surface area contributed by atoms with Gasteiger partial charge in [0.2, 0.25) is 0 Å². The Bertz CT molecular complexity index is 578. The summed E-state index contributed by atoms with van der Waals surface area (Å²) in [7, 11) is 3.61. The SMILES string of the molecule is CC(NC(=O)c1cc(N(CCCl)CCCl)ccc1[N+](=O)[O-])N(C)C. The molecule has 0 bridgehead atoms. The van der Waals surface area contributed by atoms with Crippen LogP contribution >= 0.6 is 23.2 Å². The van der Waals surface area contributed by atoms with E-state index in [1.54, 1.807) is 32.0 Å². The van der Waals surface area contributed by atoms with Crippen molar-refractivity contribution in [3.63, 3.8) is 0 Å². The first-order valence-corrected chi connectivity index (χ1v) is 8.51. The molecule has 9 heteroatoms. The number of nitrogens with zero attached hydrogens (tertiary/aromatic N) is 3. The number of carbonyl (C=O) groups is 1. The standard InChI is InChI=1S/C15H22Cl2N4O3/c1-11(19(2)3)18-15(22)13-10-12(4-5-14(13)21(23)24)20(8-6-16)9-7-17/h4-5,10-11H,6-9H2,1-3H3,(H,18,22). The minimum absolute atomic E-state index is 0.0142. The van der Waals surface area contributed by atoms with Crippen molar-refractivity contribution in [3.05, 3.63) is 33.9 Å². The van der Waals surface area contributed by atoms with Gasteiger partial charge in [0.15, 0.2) is 0 Å². The molecular weight excluding hydrogens is 355 g/mol. The van der Waals surface area contributed by atoms with Gasteiger partial charge in [-0.2, -0.15) is 0 Å². The van der Waals surface area contributed by atoms with Crippen LogP contribution in [-0.4, -0.2) is 60.8 Å². The Morgan fingerprint density at radius 3 is 2.33 bits per heavy atom. The molecule has 0 aliphatic heterocycles. The zero-order chi connectivity index (χ0) is 18.3. The molecular formula is C15H22Cl2N4O3. The van der Waals surface area contributed by atoms with Gasteiger partial charge < -0.3 is 10.2 Å². The van der Waals surface area contributed by atoms with Crippen molar-refractivity contribution in [2.75, 3.05) is 43.8 Å². The van der Waals surface area contributed by atoms with Crippen LogP contribution in [0.4, 0.5) is 11.4 Å². The summed E-state index contributed by atoms with van der Waals surface area (Å²) in [6.07, 6.45) is -0.262. The molecule has 1 N–H and O–H groups in total. The first-order valence-electron chi connectivity index (χ1n) is 7.44. The lowest BCUT2D eigenvalue weighted by Crippen LogP contribution is -2.42. The molecule has 134 valence electrons. The maximum Gasteiger partial charge on any atom is 0.282 e. The van der Waals surface area contributed by atoms with Crippen molar-refractivity contribution in [3.8, 4) is 0 Å². The van der Waals surface area contributed by atoms with Gasteiger partial charge in [0.05, 0.1) is 11.1 Å². The second kappa shape index (κ2) is 9.66. The maximum absolute atomic E-state index is 12.5. The lowest BCUT2D eigenvalue weighted by molar-refractivity contribution is -0.385. The summed E-state index contributed by atoms with van der Waals surface area (Å²) in [5.41, 5.74) is 0.448. The Kier molecular flexibility index (Phi) is 8.24. The van der Waals surface area contributed by atoms with Crippen LogP contribution < -0.4 is 10.2 Å². The van der Waals surface area contributed by atoms with E-state index in [9.17, 15) is 14.9 Å². The van der Waals surface area contributed by atoms with Gasteiger partial charge in [0.1, 0.15) is 5.56 Å². The number of nitro benzene ring substituents is 1. The van der Waals surface area contributed by atoms with E-state index in [1.807, 2.05) is 4.90 Å². The number of halogens is 2. The molecule has 1 atom stereocenters. The van der Waals surface area contributed by atoms with E-state index in [4.69, 9.17) is 23.2 Å². The number of hydrogen-bond donors (Lipinski definition) is 1. The zero-order valence-electron chi connectivity index (χ0n) is 14.0. The average molecular weight is 377 g/mol. The molecule has 1 aromatic carbocycles. The summed E-state index contributed by atoms with van der Waals surface area (Å²) in [5.74, 6) is 0.265. The number of anilines is 1. The van der Waals surface area contributed by atoms with E-state index in [1.165, 1.54) is 12.1 Å². The third kappa shape index (κ3) is 5.51. The van der Waals surface area contributed by atoms with Gasteiger partial charge in [-0.15, -0.1) is 23.2 Å². The number of alkyl halides is 2. The van der Waals surface area contributed by atoms with Crippen molar-refractivity contribution in [2.45, 2.75) is 13.1 Å². The van der Waals surface area contributed by atoms with Crippen molar-refractivity contribution in [1.29, 1.82) is 0 Å². The largest absolute Gasteiger partial charge is 0.369 e. The number of nitro groups is 1. The molecule has 1 aromatic rings. The van der Waals surface area contributed by atoms with Gasteiger partial charge in [-0.05, 0) is 33.2 Å². The number of nitrogens with one attached hydrogen (secondary N) is 1. The second-order valence-electron chi connectivity index (χ2n) is 5.44. The van der Waals surface area contributed by atoms with E-state index >= 15 is 0 Å². The van der Waals surface area contributed by atoms with Crippen molar-refractivity contribution in [2.24, 2.45) is 0 Å². The highest BCUT2D eigenvalue weighted by molar-refractivity contribution is 6.18. The van der Waals surface area contributed by atoms with Gasteiger partial charge in [-0.1, -0.05) is 0 Å². The summed E-state index contributed by atoms with van der Waals surface area (Å²) in [4.78, 5) is 26.8. The topological polar surface area (TPSA) is 78.7 Å². The highest BCUT2D eigenvalue weighted by Gasteiger charge is 2.23. The monoisotopic (exact) mass is 376 g/mol. The summed E-state index contributed by atoms with van der Waals surface area (Å²) in [6.45, 7) is 2.85. The number of amides is 1. The van der Waals surface area contributed by atoms with Gasteiger partial charge in [0.25, 0.3) is 11.6 Å². The van der Waals surface area contributed by atoms with E-state index in [0.29, 0.717) is 30.5 Å². The lowest BCUT2D eigenvalue weighted by atomic mass is 10.1. The van der Waals surface area contributed by atoms with Gasteiger partial charge in [-0.3, -0.25) is 19.8 Å². The molecule has 0 aromatic heterocycles. The molecule has 0 aliphatic rings. The minimum Gasteiger partial charge on any atom is -0.369 e. The van der Waals surface area contributed by atoms with E-state index in [0.717, 1.165) is 0 Å². The highest BCUT2D eigenvalue weighted by atomic mass is 35.5. The molecule has 1 unspecified atom stereocenters. The Hall–Kier alpha value is -1.57. The van der Waals surface area contributed by atoms with Crippen molar-refractivity contribution in [1.82, 2.24) is 10.2 Å². The number of carbonyl (C=O) groups excluding carboxylic acids is 1. The Balaban J connectivity index is 3.21. The maximum atomic E-state index is 12.5. The summed E-state index contributed by atoms with van der Waals surface area (Å²) in [6, 6.07) is 4.44. The van der Waals surface area contributed by atoms with E-state index in [-0.39, 0.29) is 17.4 Å². The fraction of sp³-hybridized carbons (Fsp3) is 0.533. The molecule has 1 rings (SSSR count). The number of rotatable bonds is 9. The summed E-state index contributed by atoms with van der Waals surface area (Å²) >= 11 is 11.6. The molecule has 0 saturated heterocycles. The molecule has 0 spiro atoms. The smallest absolute Gasteiger partial charge is 0.282 e. The third-order valence-corrected chi connectivity index (χ3v) is 3.95. The number of hydrogen-bond acceptors (Lipinski definition) is 5. The number of benzene rings is 1. The molecule has 0 aliphatic carbocycles. The van der Waals surface area contributed by atoms with Crippen LogP contribution in [0.25, 0.3) is 0 Å². The highest BCUT2D eigenvalue weighted by Crippen LogP contribution is 2.25. The third-order valence-electron chi connectivity index (χ3n) is 3.61. The van der Waals surface area contributed by atoms with E-state index < -0.39 is 10.8 Å². The zero-order valence-corrected chi connectivity index (χ0v) is 15.5. The molecule has 0 radical (unpaired) electrons. The Morgan fingerprint density at radius 1 is 1.29 bits per heavy atom. The van der Waals surface area contributed by atoms with Crippen LogP contribution in [0.1, 0.15) is 17.3 Å². The molecule has 7 nitrogen and oxygen atoms in total. The Labute approximate surface area is 151 Å². The van der Waals surface area contributed by atoms with Gasteiger partial charge in [-0.25, -0.2) is 0 Å². The molecule has 1 amide bonds. The predicted octanol–water partition coefficient (Wildman–Crippen LogP) is 2.52. The quantitative estimate of drug-likeness (QED) is 0.310. The van der Waals surface area contributed by atoms with Crippen LogP contribution in [0, 0.1) is 10.1 Å². The van der Waals surface area contributed by atoms with Crippen molar-refractivity contribution >= 4 is 40.5 Å². The molecule has 0 saturated carbocycles. The first-order chi connectivity index (χ1) is 11.3. The van der Waals surface area contributed by atoms with Gasteiger partial charge in [0, 0.05) is 36.6 Å². The average Bonchev–Trinajstić information content (AvgIpc) is 2.53. The van der Waals surface area contributed by atoms with Crippen molar-refractivity contribution < 1.29 is 9.72 Å². The fourth-order valence-corrected chi connectivity index (χ4v) is 2.44. The predicted molar refractivity (Wildman–Crippen MR) is 97.4 cm³/mol. The fourth-order valence-electron chi connectivity index (χ4n) is 2.03. The molecule has 0 fully saturated rings. The summed E-state index contributed by atoms with van der Waals surface area (Å²) < 4.78 is 0. The molecule has 0 heterocycles. The molecule has 24 heavy (non-hydrogen) atoms. The van der Waals surface area contributed by atoms with Gasteiger partial charge >= 0.3 is 0 Å². The van der Waals surface area contributed by atoms with Crippen LogP contribution in [0.5, 0.6) is 0 Å².